The first-order valence-electron chi connectivity index (χ1n) is 6.63. The maximum absolute atomic E-state index is 14.5. The number of hydrogen-bond acceptors (Lipinski definition) is 2. The number of ether oxygens (including phenoxy) is 1. The second-order valence-electron chi connectivity index (χ2n) is 5.77. The lowest BCUT2D eigenvalue weighted by molar-refractivity contribution is -0.485. The molecular formula is C12H10BrF11O2. The molecule has 1 atom stereocenters. The van der Waals surface area contributed by atoms with Crippen molar-refractivity contribution in [3.8, 4) is 0 Å². The molecule has 14 heteroatoms. The summed E-state index contributed by atoms with van der Waals surface area (Å²) in [6.07, 6.45) is -2.72. The van der Waals surface area contributed by atoms with Gasteiger partial charge in [0, 0.05) is 6.42 Å². The van der Waals surface area contributed by atoms with Crippen LogP contribution in [0.15, 0.2) is 0 Å². The zero-order valence-electron chi connectivity index (χ0n) is 12.8. The largest absolute Gasteiger partial charge is 0.465 e. The average molecular weight is 475 g/mol. The molecule has 0 heterocycles. The molecule has 0 aromatic rings. The van der Waals surface area contributed by atoms with Gasteiger partial charge in [0.15, 0.2) is 0 Å². The summed E-state index contributed by atoms with van der Waals surface area (Å²) >= 11 is 2.17. The molecule has 1 rings (SSSR count). The fourth-order valence-corrected chi connectivity index (χ4v) is 2.82. The fourth-order valence-electron chi connectivity index (χ4n) is 2.32. The van der Waals surface area contributed by atoms with Gasteiger partial charge in [0.1, 0.15) is 4.32 Å². The Hall–Kier alpha value is -0.820. The van der Waals surface area contributed by atoms with Gasteiger partial charge in [-0.05, 0) is 13.8 Å². The summed E-state index contributed by atoms with van der Waals surface area (Å²) in [6.45, 7) is 1.02. The molecule has 0 N–H and O–H groups in total. The molecule has 0 radical (unpaired) electrons. The van der Waals surface area contributed by atoms with E-state index in [1.54, 1.807) is 0 Å². The third kappa shape index (κ3) is 2.45. The molecule has 0 spiro atoms. The lowest BCUT2D eigenvalue weighted by Crippen LogP contribution is -2.84. The van der Waals surface area contributed by atoms with Crippen LogP contribution in [0.25, 0.3) is 0 Å². The van der Waals surface area contributed by atoms with Crippen molar-refractivity contribution in [1.29, 1.82) is 0 Å². The Balaban J connectivity index is 3.69. The number of carbonyl (C=O) groups is 1. The van der Waals surface area contributed by atoms with E-state index in [4.69, 9.17) is 0 Å². The third-order valence-corrected chi connectivity index (χ3v) is 4.45. The highest BCUT2D eigenvalue weighted by Crippen LogP contribution is 2.70. The van der Waals surface area contributed by atoms with Crippen molar-refractivity contribution in [1.82, 2.24) is 0 Å². The van der Waals surface area contributed by atoms with Gasteiger partial charge in [-0.2, -0.15) is 43.9 Å². The Labute approximate surface area is 147 Å². The Morgan fingerprint density at radius 3 is 1.42 bits per heavy atom. The van der Waals surface area contributed by atoms with Crippen LogP contribution in [0.2, 0.25) is 0 Å². The summed E-state index contributed by atoms with van der Waals surface area (Å²) < 4.78 is 150. The van der Waals surface area contributed by atoms with Gasteiger partial charge >= 0.3 is 35.6 Å². The quantitative estimate of drug-likeness (QED) is 0.326. The van der Waals surface area contributed by atoms with E-state index >= 15 is 0 Å². The highest BCUT2D eigenvalue weighted by atomic mass is 79.9. The van der Waals surface area contributed by atoms with Gasteiger partial charge in [-0.3, -0.25) is 4.79 Å². The normalized spacial score (nSPS) is 29.5. The van der Waals surface area contributed by atoms with Gasteiger partial charge in [0.05, 0.1) is 6.61 Å². The number of carbonyl (C=O) groups excluding carboxylic acids is 1. The predicted octanol–water partition coefficient (Wildman–Crippen LogP) is 4.99. The molecule has 0 saturated heterocycles. The fraction of sp³-hybridized carbons (Fsp3) is 0.917. The van der Waals surface area contributed by atoms with Crippen LogP contribution in [-0.2, 0) is 9.53 Å². The highest BCUT2D eigenvalue weighted by molar-refractivity contribution is 9.10. The molecule has 2 nitrogen and oxygen atoms in total. The molecule has 154 valence electrons. The van der Waals surface area contributed by atoms with E-state index in [-0.39, 0.29) is 0 Å². The zero-order chi connectivity index (χ0) is 21.2. The Morgan fingerprint density at radius 2 is 1.12 bits per heavy atom. The molecule has 0 aliphatic heterocycles. The van der Waals surface area contributed by atoms with Crippen LogP contribution in [0.5, 0.6) is 0 Å². The predicted molar refractivity (Wildman–Crippen MR) is 67.2 cm³/mol. The van der Waals surface area contributed by atoms with Crippen molar-refractivity contribution in [3.63, 3.8) is 0 Å². The number of esters is 1. The molecule has 0 aromatic heterocycles. The summed E-state index contributed by atoms with van der Waals surface area (Å²) in [5.41, 5.74) is -6.24. The van der Waals surface area contributed by atoms with Gasteiger partial charge in [0.25, 0.3) is 5.67 Å². The van der Waals surface area contributed by atoms with Crippen LogP contribution in [0.4, 0.5) is 48.3 Å². The number of hydrogen-bond donors (Lipinski definition) is 0. The highest BCUT2D eigenvalue weighted by Gasteiger charge is 3.01. The molecule has 0 amide bonds. The van der Waals surface area contributed by atoms with E-state index in [0.717, 1.165) is 6.92 Å². The van der Waals surface area contributed by atoms with Crippen LogP contribution in [0.3, 0.4) is 0 Å². The van der Waals surface area contributed by atoms with E-state index < -0.39 is 58.6 Å². The molecule has 0 aromatic carbocycles. The molecule has 1 aliphatic carbocycles. The van der Waals surface area contributed by atoms with Crippen molar-refractivity contribution in [2.45, 2.75) is 59.9 Å². The van der Waals surface area contributed by atoms with Gasteiger partial charge in [-0.15, -0.1) is 0 Å². The van der Waals surface area contributed by atoms with E-state index in [1.807, 2.05) is 0 Å². The maximum Gasteiger partial charge on any atom is 0.384 e. The molecular weight excluding hydrogens is 465 g/mol. The second-order valence-corrected chi connectivity index (χ2v) is 7.52. The SMILES string of the molecule is CCOC(=O)C(C)(Br)CC1(F)C(F)(F)C(F)(F)C(F)(F)C(F)(F)C1(F)F. The van der Waals surface area contributed by atoms with Crippen molar-refractivity contribution in [3.05, 3.63) is 0 Å². The van der Waals surface area contributed by atoms with Gasteiger partial charge in [0.2, 0.25) is 0 Å². The number of halogens is 12. The molecule has 1 aliphatic rings. The first kappa shape index (κ1) is 23.2. The minimum Gasteiger partial charge on any atom is -0.465 e. The number of alkyl halides is 12. The lowest BCUT2D eigenvalue weighted by Gasteiger charge is -2.53. The maximum atomic E-state index is 14.5. The third-order valence-electron chi connectivity index (χ3n) is 3.85. The van der Waals surface area contributed by atoms with E-state index in [9.17, 15) is 53.1 Å². The van der Waals surface area contributed by atoms with Crippen molar-refractivity contribution in [2.75, 3.05) is 6.61 Å². The molecule has 1 unspecified atom stereocenters. The average Bonchev–Trinajstić information content (AvgIpc) is 2.44. The minimum atomic E-state index is -7.28. The van der Waals surface area contributed by atoms with Crippen LogP contribution in [0, 0.1) is 0 Å². The molecule has 26 heavy (non-hydrogen) atoms. The van der Waals surface area contributed by atoms with E-state index in [1.165, 1.54) is 0 Å². The van der Waals surface area contributed by atoms with Crippen molar-refractivity contribution < 1.29 is 57.8 Å². The Kier molecular flexibility index (Phi) is 5.21. The van der Waals surface area contributed by atoms with Crippen LogP contribution in [-0.4, -0.2) is 52.2 Å². The Morgan fingerprint density at radius 1 is 0.808 bits per heavy atom. The smallest absolute Gasteiger partial charge is 0.384 e. The van der Waals surface area contributed by atoms with Crippen molar-refractivity contribution >= 4 is 21.9 Å². The summed E-state index contributed by atoms with van der Waals surface area (Å²) in [5.74, 6) is -37.4. The minimum absolute atomic E-state index is 0.390. The first-order chi connectivity index (χ1) is 11.2. The molecule has 0 bridgehead atoms. The Bertz CT molecular complexity index is 558. The summed E-state index contributed by atoms with van der Waals surface area (Å²) in [4.78, 5) is 11.5. The van der Waals surface area contributed by atoms with Crippen LogP contribution < -0.4 is 0 Å². The van der Waals surface area contributed by atoms with E-state index in [0.29, 0.717) is 6.92 Å². The summed E-state index contributed by atoms with van der Waals surface area (Å²) in [6, 6.07) is 0. The van der Waals surface area contributed by atoms with Crippen LogP contribution >= 0.6 is 15.9 Å². The summed E-state index contributed by atoms with van der Waals surface area (Å²) in [7, 11) is 0. The van der Waals surface area contributed by atoms with Gasteiger partial charge < -0.3 is 4.74 Å². The lowest BCUT2D eigenvalue weighted by atomic mass is 9.69. The second kappa shape index (κ2) is 5.84. The molecule has 1 fully saturated rings. The zero-order valence-corrected chi connectivity index (χ0v) is 14.4. The van der Waals surface area contributed by atoms with E-state index in [2.05, 4.69) is 20.7 Å². The van der Waals surface area contributed by atoms with Gasteiger partial charge in [-0.25, -0.2) is 4.39 Å². The number of rotatable bonds is 4. The van der Waals surface area contributed by atoms with Crippen LogP contribution in [0.1, 0.15) is 20.3 Å². The first-order valence-corrected chi connectivity index (χ1v) is 7.42. The summed E-state index contributed by atoms with van der Waals surface area (Å²) in [5, 5.41) is 0. The topological polar surface area (TPSA) is 26.3 Å². The monoisotopic (exact) mass is 474 g/mol. The molecule has 1 saturated carbocycles. The van der Waals surface area contributed by atoms with Crippen molar-refractivity contribution in [2.24, 2.45) is 0 Å². The van der Waals surface area contributed by atoms with Gasteiger partial charge in [-0.1, -0.05) is 15.9 Å². The standard InChI is InChI=1S/C12H10BrF11O2/c1-3-26-5(25)6(2,13)4-7(14)8(15,16)10(19,20)12(23,24)11(21,22)9(7,17)18/h3-4H2,1-2H3.